The summed E-state index contributed by atoms with van der Waals surface area (Å²) in [4.78, 5) is 15.8. The van der Waals surface area contributed by atoms with E-state index < -0.39 is 0 Å². The molecule has 0 spiro atoms. The van der Waals surface area contributed by atoms with Gasteiger partial charge in [0.05, 0.1) is 10.7 Å². The zero-order valence-electron chi connectivity index (χ0n) is 9.85. The Morgan fingerprint density at radius 1 is 1.56 bits per heavy atom. The van der Waals surface area contributed by atoms with Gasteiger partial charge in [0.1, 0.15) is 12.4 Å². The molecule has 2 aromatic rings. The summed E-state index contributed by atoms with van der Waals surface area (Å²) in [5.41, 5.74) is 6.72. The fraction of sp³-hybridized carbons (Fsp3) is 0.167. The minimum Gasteiger partial charge on any atom is -0.397 e. The highest BCUT2D eigenvalue weighted by atomic mass is 35.5. The van der Waals surface area contributed by atoms with E-state index in [0.717, 1.165) is 5.82 Å². The molecule has 18 heavy (non-hydrogen) atoms. The molecule has 2 rings (SSSR count). The Morgan fingerprint density at radius 3 is 2.94 bits per heavy atom. The number of nitrogen functional groups attached to an aromatic ring is 1. The van der Waals surface area contributed by atoms with Crippen LogP contribution in [0.2, 0.25) is 5.02 Å². The molecule has 1 aromatic heterocycles. The Balaban J connectivity index is 2.03. The number of hydrogen-bond acceptors (Lipinski definition) is 3. The summed E-state index contributed by atoms with van der Waals surface area (Å²) in [6.45, 7) is 2.06. The van der Waals surface area contributed by atoms with Crippen molar-refractivity contribution in [2.24, 2.45) is 0 Å². The first kappa shape index (κ1) is 12.4. The summed E-state index contributed by atoms with van der Waals surface area (Å²) in [6.07, 6.45) is 3.41. The van der Waals surface area contributed by atoms with Crippen LogP contribution < -0.4 is 11.1 Å². The molecule has 6 heteroatoms. The highest BCUT2D eigenvalue weighted by molar-refractivity contribution is 6.33. The van der Waals surface area contributed by atoms with Crippen LogP contribution in [0.3, 0.4) is 0 Å². The van der Waals surface area contributed by atoms with Crippen LogP contribution in [0.25, 0.3) is 0 Å². The van der Waals surface area contributed by atoms with E-state index in [0.29, 0.717) is 16.4 Å². The van der Waals surface area contributed by atoms with Crippen LogP contribution >= 0.6 is 11.6 Å². The Hall–Kier alpha value is -2.01. The second-order valence-corrected chi connectivity index (χ2v) is 4.29. The number of amides is 1. The fourth-order valence-electron chi connectivity index (χ4n) is 1.55. The molecule has 0 aliphatic heterocycles. The smallest absolute Gasteiger partial charge is 0.244 e. The molecule has 0 bridgehead atoms. The van der Waals surface area contributed by atoms with Gasteiger partial charge >= 0.3 is 0 Å². The Bertz CT molecular complexity index is 579. The van der Waals surface area contributed by atoms with Gasteiger partial charge in [-0.1, -0.05) is 11.6 Å². The standard InChI is InChI=1S/C12H13ClN4O/c1-8-15-4-5-17(8)7-12(18)16-9-2-3-10(13)11(14)6-9/h2-6H,7,14H2,1H3,(H,16,18). The zero-order valence-corrected chi connectivity index (χ0v) is 10.6. The van der Waals surface area contributed by atoms with Crippen molar-refractivity contribution in [2.45, 2.75) is 13.5 Å². The van der Waals surface area contributed by atoms with Crippen LogP contribution in [0.15, 0.2) is 30.6 Å². The van der Waals surface area contributed by atoms with Gasteiger partial charge in [0.2, 0.25) is 5.91 Å². The van der Waals surface area contributed by atoms with Crippen molar-refractivity contribution >= 4 is 28.9 Å². The Kier molecular flexibility index (Phi) is 3.53. The average Bonchev–Trinajstić information content (AvgIpc) is 2.70. The van der Waals surface area contributed by atoms with Crippen LogP contribution in [0, 0.1) is 6.92 Å². The molecular formula is C12H13ClN4O. The summed E-state index contributed by atoms with van der Waals surface area (Å²) in [7, 11) is 0. The van der Waals surface area contributed by atoms with Crippen LogP contribution in [0.4, 0.5) is 11.4 Å². The SMILES string of the molecule is Cc1nccn1CC(=O)Nc1ccc(Cl)c(N)c1. The fourth-order valence-corrected chi connectivity index (χ4v) is 1.67. The zero-order chi connectivity index (χ0) is 13.1. The number of imidazole rings is 1. The van der Waals surface area contributed by atoms with E-state index in [4.69, 9.17) is 17.3 Å². The number of rotatable bonds is 3. The first-order chi connectivity index (χ1) is 8.56. The average molecular weight is 265 g/mol. The molecule has 0 atom stereocenters. The molecule has 94 valence electrons. The minimum atomic E-state index is -0.141. The lowest BCUT2D eigenvalue weighted by Gasteiger charge is -2.08. The van der Waals surface area contributed by atoms with Crippen molar-refractivity contribution in [3.8, 4) is 0 Å². The van der Waals surface area contributed by atoms with Gasteiger partial charge in [-0.3, -0.25) is 4.79 Å². The van der Waals surface area contributed by atoms with Gasteiger partial charge in [-0.25, -0.2) is 4.98 Å². The highest BCUT2D eigenvalue weighted by Crippen LogP contribution is 2.22. The summed E-state index contributed by atoms with van der Waals surface area (Å²) < 4.78 is 1.76. The molecule has 1 aromatic carbocycles. The lowest BCUT2D eigenvalue weighted by molar-refractivity contribution is -0.116. The first-order valence-electron chi connectivity index (χ1n) is 5.39. The number of carbonyl (C=O) groups is 1. The van der Waals surface area contributed by atoms with E-state index in [1.165, 1.54) is 0 Å². The Morgan fingerprint density at radius 2 is 2.33 bits per heavy atom. The van der Waals surface area contributed by atoms with Crippen LogP contribution in [0.1, 0.15) is 5.82 Å². The second kappa shape index (κ2) is 5.10. The van der Waals surface area contributed by atoms with Crippen molar-refractivity contribution in [1.29, 1.82) is 0 Å². The monoisotopic (exact) mass is 264 g/mol. The van der Waals surface area contributed by atoms with Crippen molar-refractivity contribution in [3.05, 3.63) is 41.4 Å². The van der Waals surface area contributed by atoms with E-state index in [2.05, 4.69) is 10.3 Å². The summed E-state index contributed by atoms with van der Waals surface area (Å²) in [5.74, 6) is 0.651. The van der Waals surface area contributed by atoms with Crippen molar-refractivity contribution in [1.82, 2.24) is 9.55 Å². The number of nitrogens with two attached hydrogens (primary N) is 1. The molecule has 5 nitrogen and oxygen atoms in total. The quantitative estimate of drug-likeness (QED) is 0.834. The van der Waals surface area contributed by atoms with E-state index in [1.54, 1.807) is 35.2 Å². The molecule has 0 aliphatic rings. The maximum Gasteiger partial charge on any atom is 0.244 e. The van der Waals surface area contributed by atoms with Gasteiger partial charge in [-0.05, 0) is 25.1 Å². The third kappa shape index (κ3) is 2.81. The number of nitrogens with one attached hydrogen (secondary N) is 1. The van der Waals surface area contributed by atoms with E-state index in [-0.39, 0.29) is 12.5 Å². The third-order valence-electron chi connectivity index (χ3n) is 2.52. The second-order valence-electron chi connectivity index (χ2n) is 3.89. The number of halogens is 1. The molecule has 0 unspecified atom stereocenters. The predicted molar refractivity (Wildman–Crippen MR) is 71.5 cm³/mol. The van der Waals surface area contributed by atoms with Crippen LogP contribution in [-0.4, -0.2) is 15.5 Å². The molecule has 0 saturated heterocycles. The summed E-state index contributed by atoms with van der Waals surface area (Å²) >= 11 is 5.80. The number of nitrogens with zero attached hydrogens (tertiary/aromatic N) is 2. The lowest BCUT2D eigenvalue weighted by Crippen LogP contribution is -2.19. The Labute approximate surface area is 110 Å². The number of carbonyl (C=O) groups excluding carboxylic acids is 1. The van der Waals surface area contributed by atoms with Gasteiger partial charge in [-0.2, -0.15) is 0 Å². The topological polar surface area (TPSA) is 72.9 Å². The molecule has 1 amide bonds. The molecule has 0 aliphatic carbocycles. The highest BCUT2D eigenvalue weighted by Gasteiger charge is 2.06. The van der Waals surface area contributed by atoms with Gasteiger partial charge in [-0.15, -0.1) is 0 Å². The van der Waals surface area contributed by atoms with E-state index in [1.807, 2.05) is 6.92 Å². The molecule has 0 saturated carbocycles. The first-order valence-corrected chi connectivity index (χ1v) is 5.76. The maximum absolute atomic E-state index is 11.8. The normalized spacial score (nSPS) is 10.3. The van der Waals surface area contributed by atoms with E-state index in [9.17, 15) is 4.79 Å². The molecular weight excluding hydrogens is 252 g/mol. The number of aromatic nitrogens is 2. The van der Waals surface area contributed by atoms with Crippen molar-refractivity contribution in [2.75, 3.05) is 11.1 Å². The van der Waals surface area contributed by atoms with Crippen molar-refractivity contribution in [3.63, 3.8) is 0 Å². The molecule has 1 heterocycles. The maximum atomic E-state index is 11.8. The van der Waals surface area contributed by atoms with Gasteiger partial charge in [0.15, 0.2) is 0 Å². The van der Waals surface area contributed by atoms with Gasteiger partial charge in [0, 0.05) is 18.1 Å². The van der Waals surface area contributed by atoms with Gasteiger partial charge < -0.3 is 15.6 Å². The number of anilines is 2. The third-order valence-corrected chi connectivity index (χ3v) is 2.86. The molecule has 3 N–H and O–H groups in total. The van der Waals surface area contributed by atoms with Crippen LogP contribution in [-0.2, 0) is 11.3 Å². The van der Waals surface area contributed by atoms with E-state index >= 15 is 0 Å². The molecule has 0 radical (unpaired) electrons. The number of hydrogen-bond donors (Lipinski definition) is 2. The largest absolute Gasteiger partial charge is 0.397 e. The molecule has 0 fully saturated rings. The minimum absolute atomic E-state index is 0.141. The van der Waals surface area contributed by atoms with Gasteiger partial charge in [0.25, 0.3) is 0 Å². The summed E-state index contributed by atoms with van der Waals surface area (Å²) in [5, 5.41) is 3.22. The summed E-state index contributed by atoms with van der Waals surface area (Å²) in [6, 6.07) is 4.98. The van der Waals surface area contributed by atoms with Crippen molar-refractivity contribution < 1.29 is 4.79 Å². The van der Waals surface area contributed by atoms with Crippen LogP contribution in [0.5, 0.6) is 0 Å². The predicted octanol–water partition coefficient (Wildman–Crippen LogP) is 2.07. The lowest BCUT2D eigenvalue weighted by atomic mass is 10.3. The number of aryl methyl sites for hydroxylation is 1. The number of benzene rings is 1.